The number of nitrogens with zero attached hydrogens (tertiary/aromatic N) is 1. The monoisotopic (exact) mass is 378 g/mol. The summed E-state index contributed by atoms with van der Waals surface area (Å²) in [6, 6.07) is 13.1. The summed E-state index contributed by atoms with van der Waals surface area (Å²) < 4.78 is 13.2. The smallest absolute Gasteiger partial charge is 0.279 e. The zero-order chi connectivity index (χ0) is 19.1. The summed E-state index contributed by atoms with van der Waals surface area (Å²) in [5.41, 5.74) is 1.26. The zero-order valence-electron chi connectivity index (χ0n) is 14.8. The van der Waals surface area contributed by atoms with Crippen molar-refractivity contribution in [1.82, 2.24) is 4.90 Å². The Bertz CT molecular complexity index is 785. The van der Waals surface area contributed by atoms with Crippen LogP contribution < -0.4 is 10.2 Å². The number of hydrogen-bond acceptors (Lipinski definition) is 2. The molecule has 7 heteroatoms. The molecule has 0 saturated heterocycles. The van der Waals surface area contributed by atoms with E-state index < -0.39 is 0 Å². The number of hydrogen-bond donors (Lipinski definition) is 2. The highest BCUT2D eigenvalue weighted by molar-refractivity contribution is 6.33. The summed E-state index contributed by atoms with van der Waals surface area (Å²) in [6.45, 7) is 0.599. The number of carbonyl (C=O) groups excluding carboxylic acids is 2. The van der Waals surface area contributed by atoms with Crippen molar-refractivity contribution in [2.45, 2.75) is 6.54 Å². The first kappa shape index (κ1) is 19.9. The molecule has 0 heterocycles. The van der Waals surface area contributed by atoms with Crippen LogP contribution in [-0.4, -0.2) is 43.9 Å². The number of amides is 2. The van der Waals surface area contributed by atoms with Gasteiger partial charge in [-0.15, -0.1) is 0 Å². The lowest BCUT2D eigenvalue weighted by atomic mass is 10.2. The fourth-order valence-corrected chi connectivity index (χ4v) is 2.67. The van der Waals surface area contributed by atoms with Gasteiger partial charge in [-0.1, -0.05) is 35.9 Å². The first-order valence-corrected chi connectivity index (χ1v) is 8.57. The van der Waals surface area contributed by atoms with Crippen LogP contribution in [0.25, 0.3) is 0 Å². The third-order valence-electron chi connectivity index (χ3n) is 3.80. The lowest BCUT2D eigenvalue weighted by Gasteiger charge is -2.20. The summed E-state index contributed by atoms with van der Waals surface area (Å²) in [4.78, 5) is 26.7. The van der Waals surface area contributed by atoms with Gasteiger partial charge in [0.25, 0.3) is 11.8 Å². The van der Waals surface area contributed by atoms with E-state index in [-0.39, 0.29) is 30.7 Å². The molecular weight excluding hydrogens is 357 g/mol. The van der Waals surface area contributed by atoms with Gasteiger partial charge in [0.1, 0.15) is 5.82 Å². The molecule has 0 radical (unpaired) electrons. The van der Waals surface area contributed by atoms with Crippen LogP contribution in [0.1, 0.15) is 5.56 Å². The molecule has 0 aliphatic heterocycles. The van der Waals surface area contributed by atoms with Crippen molar-refractivity contribution in [1.29, 1.82) is 0 Å². The van der Waals surface area contributed by atoms with E-state index in [9.17, 15) is 14.0 Å². The van der Waals surface area contributed by atoms with E-state index >= 15 is 0 Å². The van der Waals surface area contributed by atoms with Gasteiger partial charge in [-0.05, 0) is 29.8 Å². The Balaban J connectivity index is 1.82. The standard InChI is InChI=1S/C19H21ClFN3O2/c1-23(12-18(25)22-17-9-4-3-8-16(17)20)13-19(26)24(2)11-14-6-5-7-15(21)10-14/h3-10H,11-13H2,1-2H3,(H,22,25)/p+1. The van der Waals surface area contributed by atoms with Gasteiger partial charge in [-0.3, -0.25) is 9.59 Å². The highest BCUT2D eigenvalue weighted by atomic mass is 35.5. The Labute approximate surface area is 157 Å². The van der Waals surface area contributed by atoms with E-state index in [4.69, 9.17) is 11.6 Å². The number of likely N-dealkylation sites (N-methyl/N-ethyl adjacent to an activating group) is 2. The van der Waals surface area contributed by atoms with Crippen LogP contribution in [0.5, 0.6) is 0 Å². The normalized spacial score (nSPS) is 11.7. The van der Waals surface area contributed by atoms with Gasteiger partial charge < -0.3 is 15.1 Å². The van der Waals surface area contributed by atoms with Crippen molar-refractivity contribution >= 4 is 29.1 Å². The van der Waals surface area contributed by atoms with Crippen LogP contribution in [0.3, 0.4) is 0 Å². The lowest BCUT2D eigenvalue weighted by Crippen LogP contribution is -3.11. The minimum Gasteiger partial charge on any atom is -0.337 e. The number of nitrogens with one attached hydrogen (secondary N) is 2. The molecule has 0 aromatic heterocycles. The van der Waals surface area contributed by atoms with Crippen LogP contribution >= 0.6 is 11.6 Å². The van der Waals surface area contributed by atoms with Gasteiger partial charge in [0.15, 0.2) is 13.1 Å². The van der Waals surface area contributed by atoms with E-state index in [0.29, 0.717) is 17.3 Å². The fourth-order valence-electron chi connectivity index (χ4n) is 2.48. The molecule has 2 N–H and O–H groups in total. The summed E-state index contributed by atoms with van der Waals surface area (Å²) in [6.07, 6.45) is 0. The zero-order valence-corrected chi connectivity index (χ0v) is 15.5. The van der Waals surface area contributed by atoms with E-state index in [1.807, 2.05) is 0 Å². The Morgan fingerprint density at radius 2 is 1.88 bits per heavy atom. The molecule has 138 valence electrons. The number of quaternary nitrogens is 1. The number of para-hydroxylation sites is 1. The SMILES string of the molecule is CN(Cc1cccc(F)c1)C(=O)C[NH+](C)CC(=O)Nc1ccccc1Cl. The second kappa shape index (κ2) is 9.31. The van der Waals surface area contributed by atoms with Crippen LogP contribution in [-0.2, 0) is 16.1 Å². The summed E-state index contributed by atoms with van der Waals surface area (Å²) in [5, 5.41) is 3.19. The summed E-state index contributed by atoms with van der Waals surface area (Å²) in [7, 11) is 3.42. The number of carbonyl (C=O) groups is 2. The molecule has 0 bridgehead atoms. The molecule has 1 unspecified atom stereocenters. The van der Waals surface area contributed by atoms with Crippen molar-refractivity contribution in [3.63, 3.8) is 0 Å². The molecule has 2 rings (SSSR count). The number of benzene rings is 2. The van der Waals surface area contributed by atoms with Gasteiger partial charge in [-0.2, -0.15) is 0 Å². The maximum Gasteiger partial charge on any atom is 0.279 e. The maximum atomic E-state index is 13.2. The molecular formula is C19H22ClFN3O2+. The average Bonchev–Trinajstić information content (AvgIpc) is 2.56. The lowest BCUT2D eigenvalue weighted by molar-refractivity contribution is -0.862. The van der Waals surface area contributed by atoms with Crippen molar-refractivity contribution < 1.29 is 18.9 Å². The Kier molecular flexibility index (Phi) is 7.12. The van der Waals surface area contributed by atoms with E-state index in [1.165, 1.54) is 17.0 Å². The molecule has 2 amide bonds. The van der Waals surface area contributed by atoms with E-state index in [2.05, 4.69) is 5.32 Å². The molecule has 0 spiro atoms. The van der Waals surface area contributed by atoms with Gasteiger partial charge in [0.05, 0.1) is 17.8 Å². The molecule has 0 aliphatic rings. The second-order valence-corrected chi connectivity index (χ2v) is 6.63. The molecule has 0 fully saturated rings. The largest absolute Gasteiger partial charge is 0.337 e. The molecule has 26 heavy (non-hydrogen) atoms. The van der Waals surface area contributed by atoms with Crippen molar-refractivity contribution in [2.75, 3.05) is 32.5 Å². The fraction of sp³-hybridized carbons (Fsp3) is 0.263. The first-order valence-electron chi connectivity index (χ1n) is 8.19. The first-order chi connectivity index (χ1) is 12.3. The second-order valence-electron chi connectivity index (χ2n) is 6.22. The Hall–Kier alpha value is -2.44. The topological polar surface area (TPSA) is 53.9 Å². The van der Waals surface area contributed by atoms with Crippen molar-refractivity contribution in [3.05, 3.63) is 64.9 Å². The van der Waals surface area contributed by atoms with Crippen molar-refractivity contribution in [2.24, 2.45) is 0 Å². The molecule has 0 saturated carbocycles. The molecule has 0 aliphatic carbocycles. The number of anilines is 1. The van der Waals surface area contributed by atoms with Gasteiger partial charge in [0, 0.05) is 13.6 Å². The third kappa shape index (κ3) is 6.13. The van der Waals surface area contributed by atoms with Gasteiger partial charge >= 0.3 is 0 Å². The van der Waals surface area contributed by atoms with Crippen LogP contribution in [0.15, 0.2) is 48.5 Å². The maximum absolute atomic E-state index is 13.2. The average molecular weight is 379 g/mol. The number of rotatable bonds is 7. The van der Waals surface area contributed by atoms with E-state index in [0.717, 1.165) is 10.5 Å². The van der Waals surface area contributed by atoms with Crippen molar-refractivity contribution in [3.8, 4) is 0 Å². The minimum absolute atomic E-state index is 0.127. The van der Waals surface area contributed by atoms with Crippen LogP contribution in [0.4, 0.5) is 10.1 Å². The highest BCUT2D eigenvalue weighted by Crippen LogP contribution is 2.19. The molecule has 5 nitrogen and oxygen atoms in total. The minimum atomic E-state index is -0.331. The molecule has 2 aromatic carbocycles. The summed E-state index contributed by atoms with van der Waals surface area (Å²) >= 11 is 6.01. The van der Waals surface area contributed by atoms with Crippen LogP contribution in [0.2, 0.25) is 5.02 Å². The quantitative estimate of drug-likeness (QED) is 0.768. The predicted octanol–water partition coefficient (Wildman–Crippen LogP) is 1.59. The number of halogens is 2. The highest BCUT2D eigenvalue weighted by Gasteiger charge is 2.18. The predicted molar refractivity (Wildman–Crippen MR) is 99.6 cm³/mol. The Morgan fingerprint density at radius 1 is 1.15 bits per heavy atom. The Morgan fingerprint density at radius 3 is 2.58 bits per heavy atom. The summed E-state index contributed by atoms with van der Waals surface area (Å²) in [5.74, 6) is -0.684. The van der Waals surface area contributed by atoms with Crippen LogP contribution in [0, 0.1) is 5.82 Å². The van der Waals surface area contributed by atoms with Gasteiger partial charge in [-0.25, -0.2) is 4.39 Å². The molecule has 2 aromatic rings. The third-order valence-corrected chi connectivity index (χ3v) is 4.13. The van der Waals surface area contributed by atoms with E-state index in [1.54, 1.807) is 50.5 Å². The van der Waals surface area contributed by atoms with Gasteiger partial charge in [0.2, 0.25) is 0 Å². The molecule has 1 atom stereocenters.